The van der Waals surface area contributed by atoms with Crippen LogP contribution in [0, 0.1) is 6.92 Å². The molecule has 1 N–H and O–H groups in total. The minimum Gasteiger partial charge on any atom is -0.507 e. The lowest BCUT2D eigenvalue weighted by molar-refractivity contribution is 0.312. The molecule has 2 aromatic carbocycles. The third-order valence-electron chi connectivity index (χ3n) is 6.48. The number of benzene rings is 2. The van der Waals surface area contributed by atoms with Gasteiger partial charge in [0.15, 0.2) is 0 Å². The largest absolute Gasteiger partial charge is 0.507 e. The van der Waals surface area contributed by atoms with Gasteiger partial charge in [-0.25, -0.2) is 8.42 Å². The Morgan fingerprint density at radius 1 is 0.871 bits per heavy atom. The van der Waals surface area contributed by atoms with Crippen molar-refractivity contribution in [3.63, 3.8) is 0 Å². The SMILES string of the molecule is Cc1ccc(S(=O)(=O)N(C)c2cc(CN3CCCC3)c(O)c(CN3CCCC3)c2)cc1. The van der Waals surface area contributed by atoms with Crippen molar-refractivity contribution in [1.82, 2.24) is 9.80 Å². The number of aromatic hydroxyl groups is 1. The molecule has 7 heteroatoms. The lowest BCUT2D eigenvalue weighted by Crippen LogP contribution is -2.27. The second-order valence-electron chi connectivity index (χ2n) is 8.86. The number of hydrogen-bond donors (Lipinski definition) is 1. The number of likely N-dealkylation sites (tertiary alicyclic amines) is 2. The van der Waals surface area contributed by atoms with E-state index in [-0.39, 0.29) is 4.90 Å². The molecule has 2 aliphatic rings. The van der Waals surface area contributed by atoms with Gasteiger partial charge in [0.2, 0.25) is 0 Å². The van der Waals surface area contributed by atoms with E-state index in [2.05, 4.69) is 9.80 Å². The van der Waals surface area contributed by atoms with Gasteiger partial charge in [0.1, 0.15) is 5.75 Å². The summed E-state index contributed by atoms with van der Waals surface area (Å²) in [6.45, 7) is 7.29. The summed E-state index contributed by atoms with van der Waals surface area (Å²) in [7, 11) is -2.09. The quantitative estimate of drug-likeness (QED) is 0.707. The average molecular weight is 444 g/mol. The molecular weight excluding hydrogens is 410 g/mol. The zero-order valence-electron chi connectivity index (χ0n) is 18.5. The maximum absolute atomic E-state index is 13.3. The van der Waals surface area contributed by atoms with Crippen LogP contribution >= 0.6 is 0 Å². The van der Waals surface area contributed by atoms with E-state index in [0.717, 1.165) is 42.9 Å². The molecule has 0 spiro atoms. The standard InChI is InChI=1S/C24H33N3O3S/c1-19-7-9-23(10-8-19)31(29,30)25(2)22-15-20(17-26-11-3-4-12-26)24(28)21(16-22)18-27-13-5-6-14-27/h7-10,15-16,28H,3-6,11-14,17-18H2,1-2H3. The molecule has 2 aromatic rings. The van der Waals surface area contributed by atoms with Gasteiger partial charge in [-0.3, -0.25) is 14.1 Å². The minimum atomic E-state index is -3.69. The van der Waals surface area contributed by atoms with Crippen molar-refractivity contribution in [1.29, 1.82) is 0 Å². The summed E-state index contributed by atoms with van der Waals surface area (Å²) in [5.41, 5.74) is 3.23. The van der Waals surface area contributed by atoms with E-state index in [1.165, 1.54) is 30.0 Å². The van der Waals surface area contributed by atoms with Gasteiger partial charge >= 0.3 is 0 Å². The Morgan fingerprint density at radius 2 is 1.32 bits per heavy atom. The summed E-state index contributed by atoms with van der Waals surface area (Å²) in [4.78, 5) is 4.93. The van der Waals surface area contributed by atoms with Gasteiger partial charge in [-0.1, -0.05) is 17.7 Å². The fourth-order valence-corrected chi connectivity index (χ4v) is 5.71. The first-order chi connectivity index (χ1) is 14.8. The summed E-state index contributed by atoms with van der Waals surface area (Å²) in [5, 5.41) is 11.0. The molecule has 6 nitrogen and oxygen atoms in total. The first-order valence-corrected chi connectivity index (χ1v) is 12.6. The van der Waals surface area contributed by atoms with Gasteiger partial charge in [-0.2, -0.15) is 0 Å². The number of sulfonamides is 1. The van der Waals surface area contributed by atoms with Crippen molar-refractivity contribution in [3.05, 3.63) is 53.1 Å². The van der Waals surface area contributed by atoms with Crippen molar-refractivity contribution < 1.29 is 13.5 Å². The van der Waals surface area contributed by atoms with Gasteiger partial charge in [0.05, 0.1) is 10.6 Å². The molecule has 31 heavy (non-hydrogen) atoms. The van der Waals surface area contributed by atoms with Crippen molar-refractivity contribution in [2.24, 2.45) is 0 Å². The molecule has 2 saturated heterocycles. The smallest absolute Gasteiger partial charge is 0.264 e. The molecule has 0 unspecified atom stereocenters. The molecule has 168 valence electrons. The summed E-state index contributed by atoms with van der Waals surface area (Å²) in [5.74, 6) is 0.309. The molecule has 0 aliphatic carbocycles. The average Bonchev–Trinajstić information content (AvgIpc) is 3.45. The van der Waals surface area contributed by atoms with E-state index < -0.39 is 10.0 Å². The summed E-state index contributed by atoms with van der Waals surface area (Å²) < 4.78 is 27.9. The van der Waals surface area contributed by atoms with Gasteiger partial charge in [-0.05, 0) is 83.1 Å². The van der Waals surface area contributed by atoms with E-state index in [9.17, 15) is 13.5 Å². The zero-order valence-corrected chi connectivity index (χ0v) is 19.4. The van der Waals surface area contributed by atoms with Gasteiger partial charge in [0, 0.05) is 31.3 Å². The first kappa shape index (κ1) is 22.1. The van der Waals surface area contributed by atoms with Crippen LogP contribution in [0.25, 0.3) is 0 Å². The number of aryl methyl sites for hydroxylation is 1. The highest BCUT2D eigenvalue weighted by molar-refractivity contribution is 7.92. The van der Waals surface area contributed by atoms with Crippen LogP contribution < -0.4 is 4.31 Å². The van der Waals surface area contributed by atoms with Gasteiger partial charge in [0.25, 0.3) is 10.0 Å². The molecule has 0 atom stereocenters. The summed E-state index contributed by atoms with van der Waals surface area (Å²) >= 11 is 0. The highest BCUT2D eigenvalue weighted by atomic mass is 32.2. The topological polar surface area (TPSA) is 64.1 Å². The second-order valence-corrected chi connectivity index (χ2v) is 10.8. The van der Waals surface area contributed by atoms with Gasteiger partial charge < -0.3 is 5.11 Å². The predicted octanol–water partition coefficient (Wildman–Crippen LogP) is 3.72. The predicted molar refractivity (Wildman–Crippen MR) is 124 cm³/mol. The number of phenols is 1. The third-order valence-corrected chi connectivity index (χ3v) is 8.28. The molecule has 0 saturated carbocycles. The summed E-state index contributed by atoms with van der Waals surface area (Å²) in [6.07, 6.45) is 4.68. The van der Waals surface area contributed by atoms with E-state index in [1.54, 1.807) is 19.2 Å². The minimum absolute atomic E-state index is 0.274. The Kier molecular flexibility index (Phi) is 6.55. The highest BCUT2D eigenvalue weighted by Gasteiger charge is 2.25. The number of rotatable bonds is 7. The van der Waals surface area contributed by atoms with Crippen LogP contribution in [0.3, 0.4) is 0 Å². The van der Waals surface area contributed by atoms with Crippen LogP contribution in [-0.4, -0.2) is 56.6 Å². The van der Waals surface area contributed by atoms with Crippen molar-refractivity contribution in [2.45, 2.75) is 50.6 Å². The lowest BCUT2D eigenvalue weighted by Gasteiger charge is -2.25. The van der Waals surface area contributed by atoms with Crippen LogP contribution in [0.5, 0.6) is 5.75 Å². The number of nitrogens with zero attached hydrogens (tertiary/aromatic N) is 3. The monoisotopic (exact) mass is 443 g/mol. The Labute approximate surface area is 186 Å². The Bertz CT molecular complexity index is 970. The molecule has 0 radical (unpaired) electrons. The van der Waals surface area contributed by atoms with Gasteiger partial charge in [-0.15, -0.1) is 0 Å². The molecule has 0 bridgehead atoms. The van der Waals surface area contributed by atoms with Crippen LogP contribution in [0.15, 0.2) is 41.3 Å². The molecule has 0 amide bonds. The molecular formula is C24H33N3O3S. The molecule has 2 aliphatic heterocycles. The molecule has 0 aromatic heterocycles. The Hall–Kier alpha value is -2.09. The van der Waals surface area contributed by atoms with Crippen molar-refractivity contribution in [3.8, 4) is 5.75 Å². The Balaban J connectivity index is 1.69. The lowest BCUT2D eigenvalue weighted by atomic mass is 10.1. The van der Waals surface area contributed by atoms with E-state index in [1.807, 2.05) is 31.2 Å². The van der Waals surface area contributed by atoms with E-state index >= 15 is 0 Å². The van der Waals surface area contributed by atoms with Crippen LogP contribution in [0.1, 0.15) is 42.4 Å². The second kappa shape index (κ2) is 9.18. The molecule has 4 rings (SSSR count). The van der Waals surface area contributed by atoms with Crippen molar-refractivity contribution in [2.75, 3.05) is 37.5 Å². The summed E-state index contributed by atoms with van der Waals surface area (Å²) in [6, 6.07) is 10.6. The molecule has 2 heterocycles. The van der Waals surface area contributed by atoms with E-state index in [0.29, 0.717) is 24.5 Å². The fraction of sp³-hybridized carbons (Fsp3) is 0.500. The number of anilines is 1. The Morgan fingerprint density at radius 3 is 1.77 bits per heavy atom. The third kappa shape index (κ3) is 4.89. The van der Waals surface area contributed by atoms with Crippen LogP contribution in [0.4, 0.5) is 5.69 Å². The number of phenolic OH excluding ortho intramolecular Hbond substituents is 1. The fourth-order valence-electron chi connectivity index (χ4n) is 4.53. The van der Waals surface area contributed by atoms with Crippen molar-refractivity contribution >= 4 is 15.7 Å². The normalized spacial score (nSPS) is 18.0. The molecule has 2 fully saturated rings. The maximum Gasteiger partial charge on any atom is 0.264 e. The van der Waals surface area contributed by atoms with Crippen LogP contribution in [0.2, 0.25) is 0 Å². The maximum atomic E-state index is 13.3. The highest BCUT2D eigenvalue weighted by Crippen LogP contribution is 2.34. The first-order valence-electron chi connectivity index (χ1n) is 11.2. The van der Waals surface area contributed by atoms with Crippen LogP contribution in [-0.2, 0) is 23.1 Å². The zero-order chi connectivity index (χ0) is 22.0. The number of hydrogen-bond acceptors (Lipinski definition) is 5. The van der Waals surface area contributed by atoms with E-state index in [4.69, 9.17) is 0 Å².